The number of aromatic nitrogens is 3. The van der Waals surface area contributed by atoms with Crippen molar-refractivity contribution in [1.29, 1.82) is 0 Å². The van der Waals surface area contributed by atoms with Gasteiger partial charge in [0.15, 0.2) is 0 Å². The van der Waals surface area contributed by atoms with E-state index in [9.17, 15) is 0 Å². The number of pyridine rings is 1. The van der Waals surface area contributed by atoms with Crippen molar-refractivity contribution in [2.75, 3.05) is 5.32 Å². The molecule has 4 nitrogen and oxygen atoms in total. The predicted molar refractivity (Wildman–Crippen MR) is 85.2 cm³/mol. The van der Waals surface area contributed by atoms with Crippen molar-refractivity contribution < 1.29 is 0 Å². The molecule has 0 unspecified atom stereocenters. The van der Waals surface area contributed by atoms with E-state index < -0.39 is 0 Å². The summed E-state index contributed by atoms with van der Waals surface area (Å²) < 4.78 is 0. The van der Waals surface area contributed by atoms with E-state index in [1.807, 2.05) is 48.7 Å². The molecular formula is C17H14N4. The van der Waals surface area contributed by atoms with Crippen molar-refractivity contribution in [3.8, 4) is 0 Å². The summed E-state index contributed by atoms with van der Waals surface area (Å²) in [7, 11) is 0. The van der Waals surface area contributed by atoms with Crippen LogP contribution in [0.4, 0.5) is 5.69 Å². The SMILES string of the molecule is c1cnc2c(NCc3nc4ccccc4[nH]3)cccc2c1. The quantitative estimate of drug-likeness (QED) is 0.598. The van der Waals surface area contributed by atoms with E-state index in [-0.39, 0.29) is 0 Å². The normalized spacial score (nSPS) is 11.0. The number of hydrogen-bond donors (Lipinski definition) is 2. The zero-order valence-electron chi connectivity index (χ0n) is 11.4. The molecule has 0 atom stereocenters. The van der Waals surface area contributed by atoms with Crippen LogP contribution in [0.3, 0.4) is 0 Å². The summed E-state index contributed by atoms with van der Waals surface area (Å²) in [6, 6.07) is 18.2. The Morgan fingerprint density at radius 1 is 0.952 bits per heavy atom. The Bertz CT molecular complexity index is 872. The largest absolute Gasteiger partial charge is 0.376 e. The lowest BCUT2D eigenvalue weighted by molar-refractivity contribution is 1.01. The second-order valence-electron chi connectivity index (χ2n) is 4.93. The summed E-state index contributed by atoms with van der Waals surface area (Å²) in [6.45, 7) is 0.643. The summed E-state index contributed by atoms with van der Waals surface area (Å²) in [5.41, 5.74) is 4.06. The van der Waals surface area contributed by atoms with Gasteiger partial charge in [-0.25, -0.2) is 4.98 Å². The lowest BCUT2D eigenvalue weighted by Crippen LogP contribution is -2.02. The number of hydrogen-bond acceptors (Lipinski definition) is 3. The number of rotatable bonds is 3. The minimum atomic E-state index is 0.643. The van der Waals surface area contributed by atoms with Gasteiger partial charge >= 0.3 is 0 Å². The molecule has 0 amide bonds. The summed E-state index contributed by atoms with van der Waals surface area (Å²) in [5.74, 6) is 0.920. The van der Waals surface area contributed by atoms with Crippen LogP contribution in [0.1, 0.15) is 5.82 Å². The van der Waals surface area contributed by atoms with E-state index in [4.69, 9.17) is 0 Å². The first-order chi connectivity index (χ1) is 10.4. The summed E-state index contributed by atoms with van der Waals surface area (Å²) in [6.07, 6.45) is 1.81. The molecule has 21 heavy (non-hydrogen) atoms. The molecule has 0 saturated carbocycles. The molecule has 0 aliphatic carbocycles. The average Bonchev–Trinajstić information content (AvgIpc) is 2.96. The number of para-hydroxylation sites is 3. The van der Waals surface area contributed by atoms with Gasteiger partial charge < -0.3 is 10.3 Å². The van der Waals surface area contributed by atoms with Crippen LogP contribution in [0.25, 0.3) is 21.9 Å². The zero-order chi connectivity index (χ0) is 14.1. The van der Waals surface area contributed by atoms with E-state index in [0.717, 1.165) is 33.4 Å². The molecule has 4 rings (SSSR count). The van der Waals surface area contributed by atoms with Crippen LogP contribution in [0.15, 0.2) is 60.8 Å². The van der Waals surface area contributed by atoms with Gasteiger partial charge in [0.2, 0.25) is 0 Å². The van der Waals surface area contributed by atoms with Crippen molar-refractivity contribution in [3.63, 3.8) is 0 Å². The zero-order valence-corrected chi connectivity index (χ0v) is 11.4. The molecule has 0 aliphatic heterocycles. The van der Waals surface area contributed by atoms with Crippen molar-refractivity contribution >= 4 is 27.6 Å². The Labute approximate surface area is 121 Å². The summed E-state index contributed by atoms with van der Waals surface area (Å²) >= 11 is 0. The number of anilines is 1. The first-order valence-corrected chi connectivity index (χ1v) is 6.91. The van der Waals surface area contributed by atoms with Crippen molar-refractivity contribution in [3.05, 3.63) is 66.6 Å². The van der Waals surface area contributed by atoms with Gasteiger partial charge in [0.25, 0.3) is 0 Å². The third-order valence-electron chi connectivity index (χ3n) is 3.52. The molecule has 0 saturated heterocycles. The Morgan fingerprint density at radius 2 is 1.86 bits per heavy atom. The minimum Gasteiger partial charge on any atom is -0.376 e. The van der Waals surface area contributed by atoms with E-state index in [0.29, 0.717) is 6.54 Å². The lowest BCUT2D eigenvalue weighted by Gasteiger charge is -2.07. The topological polar surface area (TPSA) is 53.6 Å². The van der Waals surface area contributed by atoms with Gasteiger partial charge in [0.05, 0.1) is 28.8 Å². The molecular weight excluding hydrogens is 260 g/mol. The lowest BCUT2D eigenvalue weighted by atomic mass is 10.2. The first-order valence-electron chi connectivity index (χ1n) is 6.91. The highest BCUT2D eigenvalue weighted by atomic mass is 15.0. The van der Waals surface area contributed by atoms with Crippen LogP contribution in [-0.2, 0) is 6.54 Å². The summed E-state index contributed by atoms with van der Waals surface area (Å²) in [5, 5.41) is 4.54. The van der Waals surface area contributed by atoms with Gasteiger partial charge in [-0.2, -0.15) is 0 Å². The van der Waals surface area contributed by atoms with Crippen LogP contribution < -0.4 is 5.32 Å². The minimum absolute atomic E-state index is 0.643. The molecule has 0 radical (unpaired) electrons. The molecule has 0 fully saturated rings. The Hall–Kier alpha value is -2.88. The molecule has 0 aliphatic rings. The van der Waals surface area contributed by atoms with Crippen molar-refractivity contribution in [1.82, 2.24) is 15.0 Å². The van der Waals surface area contributed by atoms with Crippen LogP contribution in [0.5, 0.6) is 0 Å². The second-order valence-corrected chi connectivity index (χ2v) is 4.93. The maximum atomic E-state index is 4.57. The van der Waals surface area contributed by atoms with E-state index in [1.165, 1.54) is 0 Å². The standard InChI is InChI=1S/C17H14N4/c1-2-8-14-13(7-1)20-16(21-14)11-19-15-9-3-5-12-6-4-10-18-17(12)15/h1-10,19H,11H2,(H,20,21). The van der Waals surface area contributed by atoms with Gasteiger partial charge in [0, 0.05) is 11.6 Å². The predicted octanol–water partition coefficient (Wildman–Crippen LogP) is 3.72. The number of benzene rings is 2. The van der Waals surface area contributed by atoms with Crippen LogP contribution in [0, 0.1) is 0 Å². The number of nitrogens with zero attached hydrogens (tertiary/aromatic N) is 2. The number of fused-ring (bicyclic) bond motifs is 2. The Kier molecular flexibility index (Phi) is 2.78. The second kappa shape index (κ2) is 4.90. The van der Waals surface area contributed by atoms with Gasteiger partial charge in [-0.1, -0.05) is 30.3 Å². The Balaban J connectivity index is 1.63. The number of imidazole rings is 1. The Morgan fingerprint density at radius 3 is 2.81 bits per heavy atom. The van der Waals surface area contributed by atoms with E-state index >= 15 is 0 Å². The van der Waals surface area contributed by atoms with Crippen LogP contribution in [0.2, 0.25) is 0 Å². The van der Waals surface area contributed by atoms with Gasteiger partial charge in [0.1, 0.15) is 5.82 Å². The van der Waals surface area contributed by atoms with Crippen molar-refractivity contribution in [2.24, 2.45) is 0 Å². The smallest absolute Gasteiger partial charge is 0.126 e. The number of aromatic amines is 1. The van der Waals surface area contributed by atoms with Gasteiger partial charge in [-0.05, 0) is 24.3 Å². The molecule has 0 bridgehead atoms. The molecule has 102 valence electrons. The fourth-order valence-corrected chi connectivity index (χ4v) is 2.52. The maximum absolute atomic E-state index is 4.57. The highest BCUT2D eigenvalue weighted by Crippen LogP contribution is 2.21. The fourth-order valence-electron chi connectivity index (χ4n) is 2.52. The third kappa shape index (κ3) is 2.21. The molecule has 2 N–H and O–H groups in total. The first kappa shape index (κ1) is 11.9. The molecule has 2 heterocycles. The van der Waals surface area contributed by atoms with Crippen LogP contribution in [-0.4, -0.2) is 15.0 Å². The summed E-state index contributed by atoms with van der Waals surface area (Å²) in [4.78, 5) is 12.3. The molecule has 2 aromatic heterocycles. The molecule has 4 aromatic rings. The molecule has 0 spiro atoms. The van der Waals surface area contributed by atoms with Gasteiger partial charge in [-0.3, -0.25) is 4.98 Å². The monoisotopic (exact) mass is 274 g/mol. The van der Waals surface area contributed by atoms with Crippen LogP contribution >= 0.6 is 0 Å². The number of nitrogens with one attached hydrogen (secondary N) is 2. The molecule has 2 aromatic carbocycles. The van der Waals surface area contributed by atoms with E-state index in [2.05, 4.69) is 32.4 Å². The highest BCUT2D eigenvalue weighted by molar-refractivity contribution is 5.90. The number of H-pyrrole nitrogens is 1. The highest BCUT2D eigenvalue weighted by Gasteiger charge is 2.04. The van der Waals surface area contributed by atoms with Crippen molar-refractivity contribution in [2.45, 2.75) is 6.54 Å². The maximum Gasteiger partial charge on any atom is 0.126 e. The fraction of sp³-hybridized carbons (Fsp3) is 0.0588. The molecule has 4 heteroatoms. The average molecular weight is 274 g/mol. The van der Waals surface area contributed by atoms with Gasteiger partial charge in [-0.15, -0.1) is 0 Å². The van der Waals surface area contributed by atoms with E-state index in [1.54, 1.807) is 0 Å². The third-order valence-corrected chi connectivity index (χ3v) is 3.52.